The lowest BCUT2D eigenvalue weighted by molar-refractivity contribution is 0.408. The molecule has 2 aromatic heterocycles. The van der Waals surface area contributed by atoms with Crippen molar-refractivity contribution in [2.24, 2.45) is 0 Å². The maximum atomic E-state index is 5.97. The maximum absolute atomic E-state index is 5.97. The fourth-order valence-corrected chi connectivity index (χ4v) is 2.36. The summed E-state index contributed by atoms with van der Waals surface area (Å²) in [5, 5.41) is 3.81. The first-order valence-corrected chi connectivity index (χ1v) is 6.69. The van der Waals surface area contributed by atoms with Crippen LogP contribution in [-0.4, -0.2) is 26.8 Å². The first-order chi connectivity index (χ1) is 9.81. The summed E-state index contributed by atoms with van der Waals surface area (Å²) in [5.74, 6) is 2.62. The minimum absolute atomic E-state index is 0.350. The molecule has 0 aliphatic heterocycles. The molecule has 3 rings (SSSR count). The van der Waals surface area contributed by atoms with Gasteiger partial charge in [0.2, 0.25) is 6.39 Å². The molecule has 0 aliphatic rings. The Bertz CT molecular complexity index is 709. The fraction of sp³-hybridized carbons (Fsp3) is 0.308. The molecule has 2 heterocycles. The predicted molar refractivity (Wildman–Crippen MR) is 73.8 cm³/mol. The van der Waals surface area contributed by atoms with Crippen LogP contribution in [-0.2, 0) is 18.8 Å². The summed E-state index contributed by atoms with van der Waals surface area (Å²) in [4.78, 5) is 8.54. The third-order valence-electron chi connectivity index (χ3n) is 3.12. The number of nitrogens with zero attached hydrogens (tertiary/aromatic N) is 4. The number of ether oxygens (including phenoxy) is 1. The van der Waals surface area contributed by atoms with E-state index in [1.165, 1.54) is 6.39 Å². The van der Waals surface area contributed by atoms with Gasteiger partial charge in [-0.05, 0) is 12.1 Å². The van der Waals surface area contributed by atoms with E-state index in [0.29, 0.717) is 24.7 Å². The zero-order valence-corrected chi connectivity index (χ0v) is 11.7. The van der Waals surface area contributed by atoms with Gasteiger partial charge in [0.05, 0.1) is 24.0 Å². The lowest BCUT2D eigenvalue weighted by atomic mass is 10.3. The highest BCUT2D eigenvalue weighted by Crippen LogP contribution is 2.22. The Balaban J connectivity index is 1.95. The second-order valence-corrected chi connectivity index (χ2v) is 4.53. The SMILES string of the molecule is COc1ccc2c(c1)nc(CCl)n2CCc1ncon1. The molecule has 0 amide bonds. The van der Waals surface area contributed by atoms with Gasteiger partial charge in [-0.2, -0.15) is 4.98 Å². The number of halogens is 1. The van der Waals surface area contributed by atoms with Crippen molar-refractivity contribution in [2.75, 3.05) is 7.11 Å². The highest BCUT2D eigenvalue weighted by molar-refractivity contribution is 6.16. The van der Waals surface area contributed by atoms with E-state index in [2.05, 4.69) is 19.7 Å². The van der Waals surface area contributed by atoms with Crippen molar-refractivity contribution in [1.29, 1.82) is 0 Å². The Labute approximate surface area is 120 Å². The Hall–Kier alpha value is -2.08. The highest BCUT2D eigenvalue weighted by Gasteiger charge is 2.11. The summed E-state index contributed by atoms with van der Waals surface area (Å²) in [6.07, 6.45) is 1.99. The van der Waals surface area contributed by atoms with Gasteiger partial charge in [0.25, 0.3) is 0 Å². The van der Waals surface area contributed by atoms with Gasteiger partial charge in [0.1, 0.15) is 11.6 Å². The quantitative estimate of drug-likeness (QED) is 0.676. The van der Waals surface area contributed by atoms with Crippen LogP contribution in [0.4, 0.5) is 0 Å². The van der Waals surface area contributed by atoms with E-state index >= 15 is 0 Å². The van der Waals surface area contributed by atoms with Crippen LogP contribution in [0.3, 0.4) is 0 Å². The molecule has 1 aromatic carbocycles. The standard InChI is InChI=1S/C13H13ClN4O2/c1-19-9-2-3-11-10(6-9)16-13(7-14)18(11)5-4-12-15-8-20-17-12/h2-3,6,8H,4-5,7H2,1H3. The van der Waals surface area contributed by atoms with E-state index in [4.69, 9.17) is 20.9 Å². The van der Waals surface area contributed by atoms with Gasteiger partial charge >= 0.3 is 0 Å². The molecule has 0 fully saturated rings. The molecule has 0 bridgehead atoms. The first kappa shape index (κ1) is 12.9. The van der Waals surface area contributed by atoms with Crippen molar-refractivity contribution < 1.29 is 9.26 Å². The number of alkyl halides is 1. The average molecular weight is 293 g/mol. The molecule has 0 radical (unpaired) electrons. The lowest BCUT2D eigenvalue weighted by Gasteiger charge is -2.06. The van der Waals surface area contributed by atoms with E-state index in [-0.39, 0.29) is 0 Å². The van der Waals surface area contributed by atoms with Crippen LogP contribution in [0.2, 0.25) is 0 Å². The van der Waals surface area contributed by atoms with Crippen molar-refractivity contribution >= 4 is 22.6 Å². The minimum Gasteiger partial charge on any atom is -0.497 e. The highest BCUT2D eigenvalue weighted by atomic mass is 35.5. The largest absolute Gasteiger partial charge is 0.497 e. The van der Waals surface area contributed by atoms with Crippen molar-refractivity contribution in [1.82, 2.24) is 19.7 Å². The van der Waals surface area contributed by atoms with Crippen LogP contribution in [0.5, 0.6) is 5.75 Å². The first-order valence-electron chi connectivity index (χ1n) is 6.16. The van der Waals surface area contributed by atoms with Crippen LogP contribution in [0, 0.1) is 0 Å². The second-order valence-electron chi connectivity index (χ2n) is 4.27. The molecule has 0 spiro atoms. The number of fused-ring (bicyclic) bond motifs is 1. The van der Waals surface area contributed by atoms with Crippen LogP contribution in [0.25, 0.3) is 11.0 Å². The molecule has 20 heavy (non-hydrogen) atoms. The molecule has 7 heteroatoms. The molecule has 0 N–H and O–H groups in total. The van der Waals surface area contributed by atoms with E-state index in [1.54, 1.807) is 7.11 Å². The molecule has 0 unspecified atom stereocenters. The summed E-state index contributed by atoms with van der Waals surface area (Å²) < 4.78 is 12.0. The Morgan fingerprint density at radius 3 is 3.00 bits per heavy atom. The number of rotatable bonds is 5. The number of imidazole rings is 1. The maximum Gasteiger partial charge on any atom is 0.213 e. The van der Waals surface area contributed by atoms with Gasteiger partial charge in [-0.25, -0.2) is 4.98 Å². The fourth-order valence-electron chi connectivity index (χ4n) is 2.15. The summed E-state index contributed by atoms with van der Waals surface area (Å²) in [7, 11) is 1.64. The summed E-state index contributed by atoms with van der Waals surface area (Å²) >= 11 is 5.97. The van der Waals surface area contributed by atoms with Crippen LogP contribution >= 0.6 is 11.6 Å². The zero-order valence-electron chi connectivity index (χ0n) is 10.9. The number of methoxy groups -OCH3 is 1. The van der Waals surface area contributed by atoms with Crippen molar-refractivity contribution in [3.63, 3.8) is 0 Å². The van der Waals surface area contributed by atoms with E-state index in [0.717, 1.165) is 22.6 Å². The van der Waals surface area contributed by atoms with Crippen molar-refractivity contribution in [3.05, 3.63) is 36.2 Å². The molecule has 0 atom stereocenters. The van der Waals surface area contributed by atoms with E-state index in [9.17, 15) is 0 Å². The third kappa shape index (κ3) is 2.34. The molecular formula is C13H13ClN4O2. The van der Waals surface area contributed by atoms with Gasteiger partial charge in [0, 0.05) is 19.0 Å². The smallest absolute Gasteiger partial charge is 0.213 e. The number of hydrogen-bond acceptors (Lipinski definition) is 5. The van der Waals surface area contributed by atoms with Crippen LogP contribution in [0.15, 0.2) is 29.1 Å². The van der Waals surface area contributed by atoms with Crippen molar-refractivity contribution in [3.8, 4) is 5.75 Å². The number of hydrogen-bond donors (Lipinski definition) is 0. The lowest BCUT2D eigenvalue weighted by Crippen LogP contribution is -2.06. The second kappa shape index (κ2) is 5.50. The number of benzene rings is 1. The Morgan fingerprint density at radius 2 is 2.30 bits per heavy atom. The number of aromatic nitrogens is 4. The molecule has 6 nitrogen and oxygen atoms in total. The van der Waals surface area contributed by atoms with E-state index in [1.807, 2.05) is 18.2 Å². The molecular weight excluding hydrogens is 280 g/mol. The zero-order chi connectivity index (χ0) is 13.9. The monoisotopic (exact) mass is 292 g/mol. The molecule has 0 saturated carbocycles. The minimum atomic E-state index is 0.350. The summed E-state index contributed by atoms with van der Waals surface area (Å²) in [5.41, 5.74) is 1.89. The van der Waals surface area contributed by atoms with Crippen LogP contribution in [0.1, 0.15) is 11.6 Å². The number of aryl methyl sites for hydroxylation is 2. The third-order valence-corrected chi connectivity index (χ3v) is 3.36. The molecule has 3 aromatic rings. The average Bonchev–Trinajstić information content (AvgIpc) is 3.11. The van der Waals surface area contributed by atoms with E-state index < -0.39 is 0 Å². The van der Waals surface area contributed by atoms with Gasteiger partial charge in [-0.3, -0.25) is 0 Å². The van der Waals surface area contributed by atoms with Gasteiger partial charge in [-0.15, -0.1) is 11.6 Å². The van der Waals surface area contributed by atoms with Gasteiger partial charge in [0.15, 0.2) is 5.82 Å². The molecule has 104 valence electrons. The van der Waals surface area contributed by atoms with Crippen LogP contribution < -0.4 is 4.74 Å². The summed E-state index contributed by atoms with van der Waals surface area (Å²) in [6, 6.07) is 5.79. The molecule has 0 aliphatic carbocycles. The predicted octanol–water partition coefficient (Wildman–Crippen LogP) is 2.41. The Kier molecular flexibility index (Phi) is 3.56. The van der Waals surface area contributed by atoms with Crippen molar-refractivity contribution in [2.45, 2.75) is 18.8 Å². The summed E-state index contributed by atoms with van der Waals surface area (Å²) in [6.45, 7) is 0.699. The Morgan fingerprint density at radius 1 is 1.40 bits per heavy atom. The topological polar surface area (TPSA) is 66.0 Å². The van der Waals surface area contributed by atoms with Gasteiger partial charge < -0.3 is 13.8 Å². The molecule has 0 saturated heterocycles. The van der Waals surface area contributed by atoms with Gasteiger partial charge in [-0.1, -0.05) is 5.16 Å². The normalized spacial score (nSPS) is 11.1.